The molecule has 19 heavy (non-hydrogen) atoms. The molecule has 0 fully saturated rings. The Morgan fingerprint density at radius 2 is 1.79 bits per heavy atom. The first kappa shape index (κ1) is 13.8. The van der Waals surface area contributed by atoms with E-state index in [-0.39, 0.29) is 12.0 Å². The highest BCUT2D eigenvalue weighted by Crippen LogP contribution is 2.25. The second kappa shape index (κ2) is 5.17. The van der Waals surface area contributed by atoms with Crippen molar-refractivity contribution in [2.45, 2.75) is 39.7 Å². The van der Waals surface area contributed by atoms with Gasteiger partial charge in [0.05, 0.1) is 12.3 Å². The SMILES string of the molecule is Cc1nc(-c2ccc(C(C)(C)C)cc2)cn1CCO. The van der Waals surface area contributed by atoms with E-state index in [1.54, 1.807) is 0 Å². The van der Waals surface area contributed by atoms with Gasteiger partial charge in [0.15, 0.2) is 0 Å². The highest BCUT2D eigenvalue weighted by molar-refractivity contribution is 5.59. The number of aryl methyl sites for hydroxylation is 1. The molecule has 3 heteroatoms. The van der Waals surface area contributed by atoms with Crippen LogP contribution in [0.5, 0.6) is 0 Å². The van der Waals surface area contributed by atoms with Crippen molar-refractivity contribution in [1.29, 1.82) is 0 Å². The van der Waals surface area contributed by atoms with E-state index in [0.29, 0.717) is 6.54 Å². The van der Waals surface area contributed by atoms with Crippen LogP contribution in [-0.4, -0.2) is 21.3 Å². The molecular weight excluding hydrogens is 236 g/mol. The van der Waals surface area contributed by atoms with Crippen molar-refractivity contribution in [3.05, 3.63) is 41.9 Å². The monoisotopic (exact) mass is 258 g/mol. The maximum atomic E-state index is 9.00. The van der Waals surface area contributed by atoms with Gasteiger partial charge in [-0.05, 0) is 17.9 Å². The summed E-state index contributed by atoms with van der Waals surface area (Å²) in [5.74, 6) is 0.934. The highest BCUT2D eigenvalue weighted by Gasteiger charge is 2.13. The van der Waals surface area contributed by atoms with Gasteiger partial charge in [-0.15, -0.1) is 0 Å². The molecule has 0 bridgehead atoms. The largest absolute Gasteiger partial charge is 0.395 e. The molecular formula is C16H22N2O. The smallest absolute Gasteiger partial charge is 0.106 e. The summed E-state index contributed by atoms with van der Waals surface area (Å²) < 4.78 is 1.98. The van der Waals surface area contributed by atoms with Crippen LogP contribution >= 0.6 is 0 Å². The van der Waals surface area contributed by atoms with Crippen molar-refractivity contribution in [1.82, 2.24) is 9.55 Å². The summed E-state index contributed by atoms with van der Waals surface area (Å²) in [5.41, 5.74) is 3.58. The molecule has 2 aromatic rings. The fourth-order valence-corrected chi connectivity index (χ4v) is 2.12. The third-order valence-electron chi connectivity index (χ3n) is 3.36. The van der Waals surface area contributed by atoms with E-state index in [0.717, 1.165) is 17.1 Å². The van der Waals surface area contributed by atoms with Gasteiger partial charge >= 0.3 is 0 Å². The van der Waals surface area contributed by atoms with Gasteiger partial charge in [0.25, 0.3) is 0 Å². The number of aromatic nitrogens is 2. The molecule has 0 aliphatic carbocycles. The molecule has 0 saturated heterocycles. The summed E-state index contributed by atoms with van der Waals surface area (Å²) in [6, 6.07) is 8.56. The Labute approximate surface area is 114 Å². The molecule has 0 aliphatic heterocycles. The van der Waals surface area contributed by atoms with Gasteiger partial charge in [0.1, 0.15) is 5.82 Å². The quantitative estimate of drug-likeness (QED) is 0.918. The molecule has 0 spiro atoms. The minimum atomic E-state index is 0.138. The lowest BCUT2D eigenvalue weighted by Gasteiger charge is -2.18. The van der Waals surface area contributed by atoms with Crippen molar-refractivity contribution in [2.24, 2.45) is 0 Å². The number of aliphatic hydroxyl groups excluding tert-OH is 1. The summed E-state index contributed by atoms with van der Waals surface area (Å²) in [6.45, 7) is 9.33. The van der Waals surface area contributed by atoms with Crippen LogP contribution in [0.4, 0.5) is 0 Å². The Hall–Kier alpha value is -1.61. The summed E-state index contributed by atoms with van der Waals surface area (Å²) >= 11 is 0. The van der Waals surface area contributed by atoms with Gasteiger partial charge < -0.3 is 9.67 Å². The van der Waals surface area contributed by atoms with Crippen LogP contribution in [-0.2, 0) is 12.0 Å². The van der Waals surface area contributed by atoms with Crippen LogP contribution in [0.1, 0.15) is 32.2 Å². The minimum Gasteiger partial charge on any atom is -0.395 e. The molecule has 0 atom stereocenters. The van der Waals surface area contributed by atoms with E-state index in [1.807, 2.05) is 17.7 Å². The molecule has 0 radical (unpaired) electrons. The fraction of sp³-hybridized carbons (Fsp3) is 0.438. The Morgan fingerprint density at radius 3 is 2.32 bits per heavy atom. The Kier molecular flexibility index (Phi) is 3.76. The standard InChI is InChI=1S/C16H22N2O/c1-12-17-15(11-18(12)9-10-19)13-5-7-14(8-6-13)16(2,3)4/h5-8,11,19H,9-10H2,1-4H3. The number of benzene rings is 1. The molecule has 1 heterocycles. The van der Waals surface area contributed by atoms with Crippen LogP contribution in [0.15, 0.2) is 30.5 Å². The predicted octanol–water partition coefficient (Wildman–Crippen LogP) is 3.15. The van der Waals surface area contributed by atoms with Crippen LogP contribution in [0.3, 0.4) is 0 Å². The summed E-state index contributed by atoms with van der Waals surface area (Å²) in [4.78, 5) is 4.54. The van der Waals surface area contributed by atoms with Crippen molar-refractivity contribution in [3.63, 3.8) is 0 Å². The maximum absolute atomic E-state index is 9.00. The van der Waals surface area contributed by atoms with Gasteiger partial charge in [-0.1, -0.05) is 45.0 Å². The zero-order valence-corrected chi connectivity index (χ0v) is 12.1. The zero-order valence-electron chi connectivity index (χ0n) is 12.1. The lowest BCUT2D eigenvalue weighted by molar-refractivity contribution is 0.275. The number of nitrogens with zero attached hydrogens (tertiary/aromatic N) is 2. The second-order valence-electron chi connectivity index (χ2n) is 5.92. The first-order chi connectivity index (χ1) is 8.91. The third-order valence-corrected chi connectivity index (χ3v) is 3.36. The van der Waals surface area contributed by atoms with Crippen molar-refractivity contribution < 1.29 is 5.11 Å². The molecule has 0 aliphatic rings. The molecule has 3 nitrogen and oxygen atoms in total. The molecule has 1 aromatic heterocycles. The van der Waals surface area contributed by atoms with E-state index in [1.165, 1.54) is 5.56 Å². The molecule has 0 amide bonds. The van der Waals surface area contributed by atoms with Crippen LogP contribution in [0, 0.1) is 6.92 Å². The van der Waals surface area contributed by atoms with Crippen molar-refractivity contribution in [2.75, 3.05) is 6.61 Å². The number of aliphatic hydroxyl groups is 1. The third kappa shape index (κ3) is 3.04. The number of hydrogen-bond donors (Lipinski definition) is 1. The van der Waals surface area contributed by atoms with Crippen LogP contribution < -0.4 is 0 Å². The van der Waals surface area contributed by atoms with E-state index in [2.05, 4.69) is 50.0 Å². The average Bonchev–Trinajstić information content (AvgIpc) is 2.71. The molecule has 2 rings (SSSR count). The molecule has 1 N–H and O–H groups in total. The Bertz CT molecular complexity index is 547. The van der Waals surface area contributed by atoms with Gasteiger partial charge in [-0.2, -0.15) is 0 Å². The van der Waals surface area contributed by atoms with Crippen molar-refractivity contribution >= 4 is 0 Å². The molecule has 0 saturated carbocycles. The van der Waals surface area contributed by atoms with E-state index >= 15 is 0 Å². The van der Waals surface area contributed by atoms with Crippen LogP contribution in [0.2, 0.25) is 0 Å². The molecule has 1 aromatic carbocycles. The zero-order chi connectivity index (χ0) is 14.0. The Balaban J connectivity index is 2.30. The normalized spacial score (nSPS) is 11.8. The summed E-state index contributed by atoms with van der Waals surface area (Å²) in [7, 11) is 0. The van der Waals surface area contributed by atoms with Crippen LogP contribution in [0.25, 0.3) is 11.3 Å². The first-order valence-corrected chi connectivity index (χ1v) is 6.67. The average molecular weight is 258 g/mol. The number of hydrogen-bond acceptors (Lipinski definition) is 2. The lowest BCUT2D eigenvalue weighted by atomic mass is 9.86. The predicted molar refractivity (Wildman–Crippen MR) is 78.2 cm³/mol. The van der Waals surface area contributed by atoms with E-state index in [9.17, 15) is 0 Å². The van der Waals surface area contributed by atoms with Gasteiger partial charge in [-0.3, -0.25) is 0 Å². The van der Waals surface area contributed by atoms with Gasteiger partial charge in [-0.25, -0.2) is 4.98 Å². The number of rotatable bonds is 3. The Morgan fingerprint density at radius 1 is 1.16 bits per heavy atom. The highest BCUT2D eigenvalue weighted by atomic mass is 16.3. The second-order valence-corrected chi connectivity index (χ2v) is 5.92. The minimum absolute atomic E-state index is 0.138. The number of imidazole rings is 1. The maximum Gasteiger partial charge on any atom is 0.106 e. The molecule has 102 valence electrons. The summed E-state index contributed by atoms with van der Waals surface area (Å²) in [5, 5.41) is 9.00. The molecule has 0 unspecified atom stereocenters. The van der Waals surface area contributed by atoms with Crippen molar-refractivity contribution in [3.8, 4) is 11.3 Å². The van der Waals surface area contributed by atoms with E-state index < -0.39 is 0 Å². The topological polar surface area (TPSA) is 38.0 Å². The van der Waals surface area contributed by atoms with Gasteiger partial charge in [0, 0.05) is 18.3 Å². The van der Waals surface area contributed by atoms with Gasteiger partial charge in [0.2, 0.25) is 0 Å². The fourth-order valence-electron chi connectivity index (χ4n) is 2.12. The van der Waals surface area contributed by atoms with E-state index in [4.69, 9.17) is 5.11 Å². The first-order valence-electron chi connectivity index (χ1n) is 6.67. The summed E-state index contributed by atoms with van der Waals surface area (Å²) in [6.07, 6.45) is 2.00. The lowest BCUT2D eigenvalue weighted by Crippen LogP contribution is -2.10.